The zero-order valence-corrected chi connectivity index (χ0v) is 14.2. The number of hydrogen-bond acceptors (Lipinski definition) is 3. The van der Waals surface area contributed by atoms with Gasteiger partial charge in [0, 0.05) is 31.4 Å². The number of amides is 1. The molecule has 1 aliphatic heterocycles. The molecule has 0 saturated heterocycles. The van der Waals surface area contributed by atoms with E-state index in [1.165, 1.54) is 0 Å². The second-order valence-corrected chi connectivity index (χ2v) is 6.01. The average molecular weight is 332 g/mol. The molecule has 1 amide bonds. The summed E-state index contributed by atoms with van der Waals surface area (Å²) < 4.78 is 0. The van der Waals surface area contributed by atoms with Crippen molar-refractivity contribution < 1.29 is 4.79 Å². The van der Waals surface area contributed by atoms with Crippen molar-refractivity contribution in [3.05, 3.63) is 54.1 Å². The van der Waals surface area contributed by atoms with Crippen molar-refractivity contribution in [1.29, 1.82) is 0 Å². The van der Waals surface area contributed by atoms with Gasteiger partial charge in [-0.25, -0.2) is 0 Å². The first-order chi connectivity index (χ1) is 10.6. The fourth-order valence-corrected chi connectivity index (χ4v) is 3.02. The van der Waals surface area contributed by atoms with Crippen LogP contribution in [-0.2, 0) is 0 Å². The van der Waals surface area contributed by atoms with Crippen molar-refractivity contribution in [2.24, 2.45) is 5.92 Å². The Morgan fingerprint density at radius 2 is 1.65 bits per heavy atom. The van der Waals surface area contributed by atoms with Crippen LogP contribution in [0, 0.1) is 5.92 Å². The minimum Gasteiger partial charge on any atom is -0.399 e. The molecule has 0 fully saturated rings. The molecule has 3 rings (SSSR count). The van der Waals surface area contributed by atoms with E-state index in [4.69, 9.17) is 5.73 Å². The molecule has 5 heteroatoms. The molecule has 0 spiro atoms. The lowest BCUT2D eigenvalue weighted by Crippen LogP contribution is -2.34. The number of halogens is 1. The van der Waals surface area contributed by atoms with Crippen LogP contribution in [0.1, 0.15) is 17.3 Å². The van der Waals surface area contributed by atoms with Gasteiger partial charge in [-0.1, -0.05) is 19.1 Å². The lowest BCUT2D eigenvalue weighted by molar-refractivity contribution is 0.0984. The molecule has 1 aliphatic rings. The number of hydrogen-bond donors (Lipinski definition) is 1. The summed E-state index contributed by atoms with van der Waals surface area (Å²) in [5, 5.41) is 0. The summed E-state index contributed by atoms with van der Waals surface area (Å²) in [6.07, 6.45) is 0. The van der Waals surface area contributed by atoms with Crippen LogP contribution in [0.4, 0.5) is 17.1 Å². The Morgan fingerprint density at radius 1 is 1.04 bits per heavy atom. The van der Waals surface area contributed by atoms with Crippen LogP contribution >= 0.6 is 12.4 Å². The molecule has 0 bridgehead atoms. The van der Waals surface area contributed by atoms with Gasteiger partial charge in [-0.3, -0.25) is 4.79 Å². The molecule has 1 heterocycles. The number of carbonyl (C=O) groups is 1. The van der Waals surface area contributed by atoms with E-state index in [9.17, 15) is 4.79 Å². The van der Waals surface area contributed by atoms with Gasteiger partial charge in [0.1, 0.15) is 0 Å². The standard InChI is InChI=1S/C18H21N3O.ClH/c1-13-11-20(2)16-5-3-4-6-17(16)21(12-13)18(22)14-7-9-15(19)10-8-14;/h3-10,13H,11-12,19H2,1-2H3;1H. The molecule has 2 aromatic rings. The molecule has 4 nitrogen and oxygen atoms in total. The van der Waals surface area contributed by atoms with Crippen molar-refractivity contribution in [1.82, 2.24) is 0 Å². The molecule has 2 N–H and O–H groups in total. The first-order valence-electron chi connectivity index (χ1n) is 7.54. The van der Waals surface area contributed by atoms with E-state index in [1.54, 1.807) is 24.3 Å². The number of anilines is 3. The first kappa shape index (κ1) is 17.2. The van der Waals surface area contributed by atoms with Crippen molar-refractivity contribution in [3.63, 3.8) is 0 Å². The smallest absolute Gasteiger partial charge is 0.258 e. The van der Waals surface area contributed by atoms with E-state index < -0.39 is 0 Å². The van der Waals surface area contributed by atoms with E-state index in [1.807, 2.05) is 23.1 Å². The fourth-order valence-electron chi connectivity index (χ4n) is 3.02. The predicted molar refractivity (Wildman–Crippen MR) is 98.7 cm³/mol. The number of carbonyl (C=O) groups excluding carboxylic acids is 1. The number of fused-ring (bicyclic) bond motifs is 1. The van der Waals surface area contributed by atoms with E-state index in [-0.39, 0.29) is 18.3 Å². The van der Waals surface area contributed by atoms with Crippen LogP contribution in [0.2, 0.25) is 0 Å². The highest BCUT2D eigenvalue weighted by molar-refractivity contribution is 6.08. The molecule has 1 atom stereocenters. The van der Waals surface area contributed by atoms with E-state index in [0.717, 1.165) is 17.9 Å². The van der Waals surface area contributed by atoms with E-state index in [2.05, 4.69) is 24.9 Å². The normalized spacial score (nSPS) is 17.0. The van der Waals surface area contributed by atoms with Crippen LogP contribution in [0.25, 0.3) is 0 Å². The summed E-state index contributed by atoms with van der Waals surface area (Å²) in [7, 11) is 2.08. The minimum atomic E-state index is 0. The molecule has 1 unspecified atom stereocenters. The van der Waals surface area contributed by atoms with Gasteiger partial charge in [0.2, 0.25) is 0 Å². The number of nitrogen functional groups attached to an aromatic ring is 1. The molecule has 122 valence electrons. The van der Waals surface area contributed by atoms with Gasteiger partial charge in [-0.15, -0.1) is 12.4 Å². The van der Waals surface area contributed by atoms with Crippen LogP contribution in [0.15, 0.2) is 48.5 Å². The maximum absolute atomic E-state index is 12.9. The molecular formula is C18H22ClN3O. The van der Waals surface area contributed by atoms with Crippen molar-refractivity contribution in [2.45, 2.75) is 6.92 Å². The van der Waals surface area contributed by atoms with Crippen molar-refractivity contribution in [3.8, 4) is 0 Å². The fraction of sp³-hybridized carbons (Fsp3) is 0.278. The van der Waals surface area contributed by atoms with Gasteiger partial charge >= 0.3 is 0 Å². The number of nitrogens with zero attached hydrogens (tertiary/aromatic N) is 2. The number of para-hydroxylation sites is 2. The third-order valence-electron chi connectivity index (χ3n) is 4.07. The Kier molecular flexibility index (Phi) is 5.16. The quantitative estimate of drug-likeness (QED) is 0.814. The predicted octanol–water partition coefficient (Wildman–Crippen LogP) is 3.42. The minimum absolute atomic E-state index is 0. The Balaban J connectivity index is 0.00000192. The lowest BCUT2D eigenvalue weighted by Gasteiger charge is -2.24. The molecule has 0 radical (unpaired) electrons. The zero-order chi connectivity index (χ0) is 15.7. The van der Waals surface area contributed by atoms with Gasteiger partial charge in [0.05, 0.1) is 11.4 Å². The van der Waals surface area contributed by atoms with Gasteiger partial charge in [0.25, 0.3) is 5.91 Å². The van der Waals surface area contributed by atoms with Gasteiger partial charge in [0.15, 0.2) is 0 Å². The maximum Gasteiger partial charge on any atom is 0.258 e. The highest BCUT2D eigenvalue weighted by Gasteiger charge is 2.27. The topological polar surface area (TPSA) is 49.6 Å². The number of nitrogens with two attached hydrogens (primary N) is 1. The molecule has 0 saturated carbocycles. The third kappa shape index (κ3) is 3.42. The summed E-state index contributed by atoms with van der Waals surface area (Å²) in [6, 6.07) is 15.2. The van der Waals surface area contributed by atoms with Crippen molar-refractivity contribution in [2.75, 3.05) is 35.7 Å². The highest BCUT2D eigenvalue weighted by Crippen LogP contribution is 2.33. The number of benzene rings is 2. The Hall–Kier alpha value is -2.20. The average Bonchev–Trinajstić information content (AvgIpc) is 2.64. The summed E-state index contributed by atoms with van der Waals surface area (Å²) in [6.45, 7) is 3.82. The highest BCUT2D eigenvalue weighted by atomic mass is 35.5. The van der Waals surface area contributed by atoms with Crippen LogP contribution in [-0.4, -0.2) is 26.0 Å². The molecule has 2 aromatic carbocycles. The SMILES string of the molecule is CC1CN(C)c2ccccc2N(C(=O)c2ccc(N)cc2)C1.Cl. The first-order valence-corrected chi connectivity index (χ1v) is 7.54. The second kappa shape index (κ2) is 6.92. The molecule has 0 aromatic heterocycles. The van der Waals surface area contributed by atoms with E-state index in [0.29, 0.717) is 23.7 Å². The van der Waals surface area contributed by atoms with Crippen LogP contribution < -0.4 is 15.5 Å². The molecular weight excluding hydrogens is 310 g/mol. The Morgan fingerprint density at radius 3 is 2.30 bits per heavy atom. The summed E-state index contributed by atoms with van der Waals surface area (Å²) in [5.41, 5.74) is 9.11. The summed E-state index contributed by atoms with van der Waals surface area (Å²) in [4.78, 5) is 17.0. The largest absolute Gasteiger partial charge is 0.399 e. The van der Waals surface area contributed by atoms with E-state index >= 15 is 0 Å². The van der Waals surface area contributed by atoms with Crippen LogP contribution in [0.5, 0.6) is 0 Å². The summed E-state index contributed by atoms with van der Waals surface area (Å²) >= 11 is 0. The van der Waals surface area contributed by atoms with Gasteiger partial charge in [-0.05, 0) is 42.3 Å². The van der Waals surface area contributed by atoms with Crippen LogP contribution in [0.3, 0.4) is 0 Å². The van der Waals surface area contributed by atoms with Crippen molar-refractivity contribution >= 4 is 35.4 Å². The third-order valence-corrected chi connectivity index (χ3v) is 4.07. The molecule has 23 heavy (non-hydrogen) atoms. The van der Waals surface area contributed by atoms with Gasteiger partial charge in [-0.2, -0.15) is 0 Å². The maximum atomic E-state index is 12.9. The molecule has 0 aliphatic carbocycles. The lowest BCUT2D eigenvalue weighted by atomic mass is 10.1. The van der Waals surface area contributed by atoms with Gasteiger partial charge < -0.3 is 15.5 Å². The second-order valence-electron chi connectivity index (χ2n) is 6.01. The Bertz CT molecular complexity index is 687. The zero-order valence-electron chi connectivity index (χ0n) is 13.4. The monoisotopic (exact) mass is 331 g/mol. The number of rotatable bonds is 1. The Labute approximate surface area is 143 Å². The summed E-state index contributed by atoms with van der Waals surface area (Å²) in [5.74, 6) is 0.421.